The Labute approximate surface area is 77.9 Å². The average molecular weight is 194 g/mol. The number of oxazole rings is 1. The molecule has 1 N–H and O–H groups in total. The van der Waals surface area contributed by atoms with Crippen LogP contribution in [0.4, 0.5) is 6.01 Å². The summed E-state index contributed by atoms with van der Waals surface area (Å²) in [7, 11) is 0. The van der Waals surface area contributed by atoms with E-state index < -0.39 is 10.9 Å². The van der Waals surface area contributed by atoms with Crippen LogP contribution in [0.1, 0.15) is 5.56 Å². The minimum atomic E-state index is -0.696. The van der Waals surface area contributed by atoms with Gasteiger partial charge in [0.2, 0.25) is 5.52 Å². The summed E-state index contributed by atoms with van der Waals surface area (Å²) in [6, 6.07) is 4.18. The van der Waals surface area contributed by atoms with E-state index in [0.29, 0.717) is 16.7 Å². The zero-order valence-electron chi connectivity index (χ0n) is 7.01. The van der Waals surface area contributed by atoms with Gasteiger partial charge in [-0.2, -0.15) is 0 Å². The molecule has 0 saturated heterocycles. The normalized spacial score (nSPS) is 10.6. The number of fused-ring (bicyclic) bond motifs is 1. The van der Waals surface area contributed by atoms with E-state index >= 15 is 0 Å². The first-order valence-corrected chi connectivity index (χ1v) is 3.85. The Morgan fingerprint density at radius 2 is 2.36 bits per heavy atom. The van der Waals surface area contributed by atoms with Crippen molar-refractivity contribution in [2.24, 2.45) is 0 Å². The molecule has 0 aliphatic carbocycles. The lowest BCUT2D eigenvalue weighted by Gasteiger charge is -1.89. The van der Waals surface area contributed by atoms with Crippen LogP contribution < -0.4 is 0 Å². The highest BCUT2D eigenvalue weighted by Crippen LogP contribution is 2.21. The Morgan fingerprint density at radius 1 is 1.57 bits per heavy atom. The number of aliphatic hydroxyl groups is 1. The van der Waals surface area contributed by atoms with Gasteiger partial charge in [0, 0.05) is 9.91 Å². The summed E-state index contributed by atoms with van der Waals surface area (Å²) in [6.45, 7) is -0.128. The highest BCUT2D eigenvalue weighted by molar-refractivity contribution is 5.74. The third-order valence-corrected chi connectivity index (χ3v) is 1.78. The minimum Gasteiger partial charge on any atom is -0.392 e. The predicted molar refractivity (Wildman–Crippen MR) is 46.6 cm³/mol. The average Bonchev–Trinajstić information content (AvgIpc) is 2.59. The maximum absolute atomic E-state index is 10.3. The molecule has 6 nitrogen and oxygen atoms in total. The van der Waals surface area contributed by atoms with E-state index in [1.165, 1.54) is 0 Å². The third kappa shape index (κ3) is 1.31. The molecule has 0 spiro atoms. The van der Waals surface area contributed by atoms with Crippen LogP contribution in [0.2, 0.25) is 0 Å². The molecule has 0 saturated carbocycles. The van der Waals surface area contributed by atoms with E-state index in [1.807, 2.05) is 0 Å². The Hall–Kier alpha value is -1.95. The second-order valence-electron chi connectivity index (χ2n) is 2.71. The Balaban J connectivity index is 2.60. The lowest BCUT2D eigenvalue weighted by molar-refractivity contribution is -0.406. The molecular formula is C8H6N2O4. The quantitative estimate of drug-likeness (QED) is 0.573. The fourth-order valence-corrected chi connectivity index (χ4v) is 1.14. The molecule has 0 aliphatic rings. The first-order valence-electron chi connectivity index (χ1n) is 3.85. The van der Waals surface area contributed by atoms with Crippen molar-refractivity contribution in [1.29, 1.82) is 0 Å². The van der Waals surface area contributed by atoms with Crippen LogP contribution in [0.5, 0.6) is 0 Å². The molecule has 0 fully saturated rings. The number of rotatable bonds is 2. The second-order valence-corrected chi connectivity index (χ2v) is 2.71. The van der Waals surface area contributed by atoms with Crippen molar-refractivity contribution < 1.29 is 14.4 Å². The van der Waals surface area contributed by atoms with Crippen molar-refractivity contribution >= 4 is 17.1 Å². The summed E-state index contributed by atoms with van der Waals surface area (Å²) < 4.78 is 4.84. The molecule has 1 aromatic heterocycles. The molecule has 0 atom stereocenters. The number of hydrogen-bond donors (Lipinski definition) is 1. The van der Waals surface area contributed by atoms with Crippen molar-refractivity contribution in [2.45, 2.75) is 6.61 Å². The smallest absolute Gasteiger partial charge is 0.392 e. The van der Waals surface area contributed by atoms with Crippen LogP contribution >= 0.6 is 0 Å². The van der Waals surface area contributed by atoms with Crippen molar-refractivity contribution in [1.82, 2.24) is 4.98 Å². The third-order valence-electron chi connectivity index (χ3n) is 1.78. The van der Waals surface area contributed by atoms with E-state index in [0.717, 1.165) is 0 Å². The van der Waals surface area contributed by atoms with Crippen molar-refractivity contribution in [2.75, 3.05) is 0 Å². The molecule has 0 radical (unpaired) electrons. The standard InChI is InChI=1S/C8H6N2O4/c11-4-5-1-2-7-6(3-5)9-8(14-7)10(12)13/h1-3,11H,4H2. The number of aromatic nitrogens is 1. The summed E-state index contributed by atoms with van der Waals surface area (Å²) in [5.74, 6) is 0. The largest absolute Gasteiger partial charge is 0.546 e. The number of hydrogen-bond acceptors (Lipinski definition) is 5. The van der Waals surface area contributed by atoms with Gasteiger partial charge in [-0.15, -0.1) is 0 Å². The summed E-state index contributed by atoms with van der Waals surface area (Å²) in [5, 5.41) is 19.1. The fraction of sp³-hybridized carbons (Fsp3) is 0.125. The van der Waals surface area contributed by atoms with Gasteiger partial charge in [0.1, 0.15) is 0 Å². The van der Waals surface area contributed by atoms with Gasteiger partial charge in [0.25, 0.3) is 0 Å². The first-order chi connectivity index (χ1) is 6.70. The SMILES string of the molecule is O=[N+]([O-])c1nc2cc(CO)ccc2o1. The van der Waals surface area contributed by atoms with E-state index in [9.17, 15) is 10.1 Å². The van der Waals surface area contributed by atoms with Gasteiger partial charge >= 0.3 is 6.01 Å². The van der Waals surface area contributed by atoms with Gasteiger partial charge < -0.3 is 19.6 Å². The van der Waals surface area contributed by atoms with E-state index in [-0.39, 0.29) is 6.61 Å². The number of aliphatic hydroxyl groups excluding tert-OH is 1. The Bertz CT molecular complexity index is 491. The molecular weight excluding hydrogens is 188 g/mol. The van der Waals surface area contributed by atoms with E-state index in [2.05, 4.69) is 4.98 Å². The zero-order valence-corrected chi connectivity index (χ0v) is 7.01. The highest BCUT2D eigenvalue weighted by Gasteiger charge is 2.17. The maximum atomic E-state index is 10.3. The van der Waals surface area contributed by atoms with Gasteiger partial charge in [-0.1, -0.05) is 6.07 Å². The van der Waals surface area contributed by atoms with Crippen LogP contribution in [0.3, 0.4) is 0 Å². The van der Waals surface area contributed by atoms with Gasteiger partial charge in [-0.05, 0) is 17.7 Å². The number of nitrogens with zero attached hydrogens (tertiary/aromatic N) is 2. The minimum absolute atomic E-state index is 0.128. The molecule has 6 heteroatoms. The zero-order chi connectivity index (χ0) is 10.1. The molecule has 72 valence electrons. The van der Waals surface area contributed by atoms with Gasteiger partial charge in [-0.3, -0.25) is 0 Å². The van der Waals surface area contributed by atoms with Crippen LogP contribution in [-0.4, -0.2) is 15.0 Å². The molecule has 0 bridgehead atoms. The molecule has 1 aromatic carbocycles. The fourth-order valence-electron chi connectivity index (χ4n) is 1.14. The van der Waals surface area contributed by atoms with Gasteiger partial charge in [0.05, 0.1) is 6.61 Å². The summed E-state index contributed by atoms with van der Waals surface area (Å²) in [6.07, 6.45) is 0. The highest BCUT2D eigenvalue weighted by atomic mass is 16.7. The molecule has 14 heavy (non-hydrogen) atoms. The van der Waals surface area contributed by atoms with Crippen LogP contribution in [-0.2, 0) is 6.61 Å². The van der Waals surface area contributed by atoms with Crippen LogP contribution in [0, 0.1) is 10.1 Å². The molecule has 2 rings (SSSR count). The van der Waals surface area contributed by atoms with Crippen molar-refractivity contribution in [3.63, 3.8) is 0 Å². The Kier molecular flexibility index (Phi) is 1.90. The van der Waals surface area contributed by atoms with Crippen LogP contribution in [0.25, 0.3) is 11.1 Å². The molecule has 0 aliphatic heterocycles. The Morgan fingerprint density at radius 3 is 3.00 bits per heavy atom. The van der Waals surface area contributed by atoms with Crippen molar-refractivity contribution in [3.8, 4) is 0 Å². The lowest BCUT2D eigenvalue weighted by atomic mass is 10.2. The maximum Gasteiger partial charge on any atom is 0.546 e. The topological polar surface area (TPSA) is 89.4 Å². The predicted octanol–water partition coefficient (Wildman–Crippen LogP) is 1.23. The number of benzene rings is 1. The van der Waals surface area contributed by atoms with E-state index in [1.54, 1.807) is 18.2 Å². The molecule has 2 aromatic rings. The summed E-state index contributed by atoms with van der Waals surface area (Å²) >= 11 is 0. The van der Waals surface area contributed by atoms with E-state index in [4.69, 9.17) is 9.52 Å². The second kappa shape index (κ2) is 3.08. The number of nitro groups is 1. The van der Waals surface area contributed by atoms with Gasteiger partial charge in [0.15, 0.2) is 5.58 Å². The molecule has 0 unspecified atom stereocenters. The molecule has 1 heterocycles. The monoisotopic (exact) mass is 194 g/mol. The van der Waals surface area contributed by atoms with Gasteiger partial charge in [-0.25, -0.2) is 0 Å². The lowest BCUT2D eigenvalue weighted by Crippen LogP contribution is -1.86. The van der Waals surface area contributed by atoms with Crippen molar-refractivity contribution in [3.05, 3.63) is 33.9 Å². The van der Waals surface area contributed by atoms with Crippen LogP contribution in [0.15, 0.2) is 22.6 Å². The first kappa shape index (κ1) is 8.64. The summed E-state index contributed by atoms with van der Waals surface area (Å²) in [5.41, 5.74) is 1.36. The summed E-state index contributed by atoms with van der Waals surface area (Å²) in [4.78, 5) is 13.3. The molecule has 0 amide bonds.